The Hall–Kier alpha value is -3.14. The van der Waals surface area contributed by atoms with Crippen molar-refractivity contribution in [3.8, 4) is 0 Å². The van der Waals surface area contributed by atoms with Crippen LogP contribution in [0.5, 0.6) is 0 Å². The van der Waals surface area contributed by atoms with Crippen molar-refractivity contribution in [2.45, 2.75) is 58.9 Å². The molecule has 0 bridgehead atoms. The molecule has 4 heteroatoms. The molecule has 0 aliphatic heterocycles. The van der Waals surface area contributed by atoms with E-state index in [1.54, 1.807) is 0 Å². The van der Waals surface area contributed by atoms with E-state index in [0.29, 0.717) is 0 Å². The number of hydrogen-bond donors (Lipinski definition) is 1. The summed E-state index contributed by atoms with van der Waals surface area (Å²) in [6.07, 6.45) is 5.94. The second-order valence-corrected chi connectivity index (χ2v) is 8.90. The largest absolute Gasteiger partial charge is 0.356 e. The number of fused-ring (bicyclic) bond motifs is 2. The van der Waals surface area contributed by atoms with Crippen LogP contribution in [0.1, 0.15) is 57.3 Å². The van der Waals surface area contributed by atoms with Crippen molar-refractivity contribution in [1.29, 1.82) is 0 Å². The molecule has 0 spiro atoms. The van der Waals surface area contributed by atoms with Gasteiger partial charge in [-0.1, -0.05) is 68.8 Å². The summed E-state index contributed by atoms with van der Waals surface area (Å²) in [6.45, 7) is 5.75. The van der Waals surface area contributed by atoms with Gasteiger partial charge in [0.1, 0.15) is 5.82 Å². The number of carbonyl (C=O) groups is 1. The van der Waals surface area contributed by atoms with Crippen molar-refractivity contribution in [2.24, 2.45) is 5.92 Å². The smallest absolute Gasteiger partial charge is 0.223 e. The van der Waals surface area contributed by atoms with Gasteiger partial charge >= 0.3 is 0 Å². The van der Waals surface area contributed by atoms with Crippen molar-refractivity contribution < 1.29 is 4.79 Å². The quantitative estimate of drug-likeness (QED) is 0.270. The van der Waals surface area contributed by atoms with Gasteiger partial charge in [0.25, 0.3) is 0 Å². The van der Waals surface area contributed by atoms with Crippen LogP contribution in [0.3, 0.4) is 0 Å². The molecule has 0 saturated carbocycles. The standard InChI is InChI=1S/C29H35N3O/c1-3-23(4-2)29(33)30-19-11-5-6-16-28-31-26-14-9-10-15-27(26)32(28)21-22-17-18-24-12-7-8-13-25(24)20-22/h7-10,12-15,17-18,20,23H,3-6,11,16,19,21H2,1-2H3,(H,30,33). The second-order valence-electron chi connectivity index (χ2n) is 8.90. The highest BCUT2D eigenvalue weighted by molar-refractivity contribution is 5.83. The number of para-hydroxylation sites is 2. The number of benzene rings is 3. The molecule has 3 aromatic carbocycles. The Morgan fingerprint density at radius 3 is 2.48 bits per heavy atom. The number of carbonyl (C=O) groups excluding carboxylic acids is 1. The molecule has 0 aliphatic rings. The third-order valence-electron chi connectivity index (χ3n) is 6.62. The summed E-state index contributed by atoms with van der Waals surface area (Å²) in [5.41, 5.74) is 3.55. The Morgan fingerprint density at radius 2 is 1.67 bits per heavy atom. The van der Waals surface area contributed by atoms with Crippen LogP contribution in [0.15, 0.2) is 66.7 Å². The lowest BCUT2D eigenvalue weighted by molar-refractivity contribution is -0.125. The number of hydrogen-bond acceptors (Lipinski definition) is 2. The predicted molar refractivity (Wildman–Crippen MR) is 137 cm³/mol. The maximum Gasteiger partial charge on any atom is 0.223 e. The van der Waals surface area contributed by atoms with Gasteiger partial charge in [0.2, 0.25) is 5.91 Å². The first-order valence-electron chi connectivity index (χ1n) is 12.4. The molecule has 172 valence electrons. The van der Waals surface area contributed by atoms with Crippen molar-refractivity contribution >= 4 is 27.7 Å². The Morgan fingerprint density at radius 1 is 0.909 bits per heavy atom. The van der Waals surface area contributed by atoms with E-state index in [0.717, 1.165) is 63.0 Å². The molecule has 0 aliphatic carbocycles. The summed E-state index contributed by atoms with van der Waals surface area (Å²) in [6, 6.07) is 23.6. The zero-order chi connectivity index (χ0) is 23.0. The fourth-order valence-corrected chi connectivity index (χ4v) is 4.61. The lowest BCUT2D eigenvalue weighted by Crippen LogP contribution is -2.30. The third-order valence-corrected chi connectivity index (χ3v) is 6.62. The van der Waals surface area contributed by atoms with Crippen LogP contribution in [-0.4, -0.2) is 22.0 Å². The lowest BCUT2D eigenvalue weighted by atomic mass is 10.0. The summed E-state index contributed by atoms with van der Waals surface area (Å²) >= 11 is 0. The molecule has 0 radical (unpaired) electrons. The molecular formula is C29H35N3O. The molecule has 0 atom stereocenters. The minimum absolute atomic E-state index is 0.153. The minimum Gasteiger partial charge on any atom is -0.356 e. The minimum atomic E-state index is 0.153. The number of nitrogens with one attached hydrogen (secondary N) is 1. The van der Waals surface area contributed by atoms with E-state index in [9.17, 15) is 4.79 Å². The van der Waals surface area contributed by atoms with Gasteiger partial charge in [-0.15, -0.1) is 0 Å². The van der Waals surface area contributed by atoms with Crippen molar-refractivity contribution in [3.63, 3.8) is 0 Å². The van der Waals surface area contributed by atoms with E-state index in [-0.39, 0.29) is 11.8 Å². The van der Waals surface area contributed by atoms with Gasteiger partial charge in [-0.2, -0.15) is 0 Å². The van der Waals surface area contributed by atoms with Gasteiger partial charge < -0.3 is 9.88 Å². The first-order chi connectivity index (χ1) is 16.2. The summed E-state index contributed by atoms with van der Waals surface area (Å²) in [4.78, 5) is 17.1. The number of aryl methyl sites for hydroxylation is 1. The Labute approximate surface area is 197 Å². The highest BCUT2D eigenvalue weighted by atomic mass is 16.1. The molecule has 4 aromatic rings. The van der Waals surface area contributed by atoms with Gasteiger partial charge in [-0.25, -0.2) is 4.98 Å². The predicted octanol–water partition coefficient (Wildman–Crippen LogP) is 6.50. The van der Waals surface area contributed by atoms with E-state index < -0.39 is 0 Å². The molecular weight excluding hydrogens is 406 g/mol. The van der Waals surface area contributed by atoms with Crippen LogP contribution in [0.4, 0.5) is 0 Å². The van der Waals surface area contributed by atoms with E-state index in [1.165, 1.54) is 21.9 Å². The summed E-state index contributed by atoms with van der Waals surface area (Å²) in [7, 11) is 0. The topological polar surface area (TPSA) is 46.9 Å². The number of rotatable bonds is 11. The number of nitrogens with zero attached hydrogens (tertiary/aromatic N) is 2. The van der Waals surface area contributed by atoms with Crippen LogP contribution < -0.4 is 5.32 Å². The van der Waals surface area contributed by atoms with Gasteiger partial charge in [0.15, 0.2) is 0 Å². The number of amides is 1. The number of imidazole rings is 1. The van der Waals surface area contributed by atoms with Gasteiger partial charge in [0, 0.05) is 25.4 Å². The van der Waals surface area contributed by atoms with E-state index in [1.807, 2.05) is 0 Å². The zero-order valence-corrected chi connectivity index (χ0v) is 19.9. The lowest BCUT2D eigenvalue weighted by Gasteiger charge is -2.13. The van der Waals surface area contributed by atoms with Crippen LogP contribution in [0.2, 0.25) is 0 Å². The highest BCUT2D eigenvalue weighted by Gasteiger charge is 2.13. The van der Waals surface area contributed by atoms with Crippen LogP contribution >= 0.6 is 0 Å². The Kier molecular flexibility index (Phi) is 7.77. The van der Waals surface area contributed by atoms with Gasteiger partial charge in [-0.3, -0.25) is 4.79 Å². The van der Waals surface area contributed by atoms with Crippen LogP contribution in [-0.2, 0) is 17.8 Å². The maximum atomic E-state index is 12.1. The van der Waals surface area contributed by atoms with E-state index in [4.69, 9.17) is 4.98 Å². The molecule has 0 saturated heterocycles. The molecule has 1 amide bonds. The fourth-order valence-electron chi connectivity index (χ4n) is 4.61. The van der Waals surface area contributed by atoms with Gasteiger partial charge in [0.05, 0.1) is 11.0 Å². The molecule has 33 heavy (non-hydrogen) atoms. The molecule has 1 N–H and O–H groups in total. The average Bonchev–Trinajstić information content (AvgIpc) is 3.19. The molecule has 0 unspecified atom stereocenters. The summed E-state index contributed by atoms with van der Waals surface area (Å²) in [5.74, 6) is 1.50. The first kappa shape index (κ1) is 23.0. The summed E-state index contributed by atoms with van der Waals surface area (Å²) < 4.78 is 2.37. The first-order valence-corrected chi connectivity index (χ1v) is 12.4. The fraction of sp³-hybridized carbons (Fsp3) is 0.379. The highest BCUT2D eigenvalue weighted by Crippen LogP contribution is 2.22. The monoisotopic (exact) mass is 441 g/mol. The maximum absolute atomic E-state index is 12.1. The van der Waals surface area contributed by atoms with Crippen molar-refractivity contribution in [2.75, 3.05) is 6.54 Å². The van der Waals surface area contributed by atoms with Gasteiger partial charge in [-0.05, 0) is 60.2 Å². The number of aromatic nitrogens is 2. The molecule has 4 rings (SSSR count). The zero-order valence-electron chi connectivity index (χ0n) is 19.9. The summed E-state index contributed by atoms with van der Waals surface area (Å²) in [5, 5.41) is 5.65. The Bertz CT molecular complexity index is 1210. The molecule has 4 nitrogen and oxygen atoms in total. The molecule has 0 fully saturated rings. The third kappa shape index (κ3) is 5.62. The van der Waals surface area contributed by atoms with E-state index >= 15 is 0 Å². The number of unbranched alkanes of at least 4 members (excludes halogenated alkanes) is 2. The van der Waals surface area contributed by atoms with Crippen molar-refractivity contribution in [1.82, 2.24) is 14.9 Å². The molecule has 1 aromatic heterocycles. The average molecular weight is 442 g/mol. The molecule has 1 heterocycles. The normalized spacial score (nSPS) is 11.5. The van der Waals surface area contributed by atoms with Crippen LogP contribution in [0.25, 0.3) is 21.8 Å². The van der Waals surface area contributed by atoms with Crippen LogP contribution in [0, 0.1) is 5.92 Å². The Balaban J connectivity index is 1.39. The van der Waals surface area contributed by atoms with E-state index in [2.05, 4.69) is 90.5 Å². The SMILES string of the molecule is CCC(CC)C(=O)NCCCCCc1nc2ccccc2n1Cc1ccc2ccccc2c1. The second kappa shape index (κ2) is 11.1. The van der Waals surface area contributed by atoms with Crippen molar-refractivity contribution in [3.05, 3.63) is 78.1 Å².